The quantitative estimate of drug-likeness (QED) is 0.609. The predicted molar refractivity (Wildman–Crippen MR) is 104 cm³/mol. The number of benzene rings is 2. The molecular formula is C22H28F2O4. The topological polar surface area (TPSA) is 58.9 Å². The molecule has 0 spiro atoms. The summed E-state index contributed by atoms with van der Waals surface area (Å²) in [6.07, 6.45) is 2.28. The van der Waals surface area contributed by atoms with E-state index in [2.05, 4.69) is 0 Å². The van der Waals surface area contributed by atoms with E-state index < -0.39 is 11.6 Å². The molecule has 2 rings (SSSR count). The Kier molecular flexibility index (Phi) is 8.67. The van der Waals surface area contributed by atoms with Crippen molar-refractivity contribution in [2.75, 3.05) is 27.4 Å². The number of hydrogen-bond donors (Lipinski definition) is 2. The van der Waals surface area contributed by atoms with Crippen LogP contribution < -0.4 is 9.47 Å². The summed E-state index contributed by atoms with van der Waals surface area (Å²) in [6, 6.07) is 9.58. The number of ether oxygens (including phenoxy) is 2. The molecule has 0 aliphatic rings. The van der Waals surface area contributed by atoms with Crippen LogP contribution in [-0.2, 0) is 12.8 Å². The summed E-state index contributed by atoms with van der Waals surface area (Å²) in [6.45, 7) is -0.0365. The van der Waals surface area contributed by atoms with Crippen molar-refractivity contribution in [1.82, 2.24) is 0 Å². The van der Waals surface area contributed by atoms with Crippen molar-refractivity contribution in [3.63, 3.8) is 0 Å². The third-order valence-corrected chi connectivity index (χ3v) is 5.06. The standard InChI is InChI=1S/C22H28F2O4/c1-27-21-7-5-15(12-19(21)23)10-17(4-3-9-25)18(14-26)11-16-6-8-22(28-2)20(24)13-16/h5-8,12-13,17-18,25-26H,3-4,9-11,14H2,1-2H3/t17-,18+/m1/s1. The Labute approximate surface area is 164 Å². The molecule has 0 bridgehead atoms. The molecule has 28 heavy (non-hydrogen) atoms. The fourth-order valence-corrected chi connectivity index (χ4v) is 3.52. The van der Waals surface area contributed by atoms with Crippen molar-refractivity contribution in [1.29, 1.82) is 0 Å². The molecule has 0 radical (unpaired) electrons. The minimum atomic E-state index is -0.444. The molecule has 0 unspecified atom stereocenters. The second-order valence-electron chi connectivity index (χ2n) is 6.91. The van der Waals surface area contributed by atoms with Crippen molar-refractivity contribution in [2.24, 2.45) is 11.8 Å². The van der Waals surface area contributed by atoms with Gasteiger partial charge in [-0.05, 0) is 72.9 Å². The molecule has 0 aliphatic carbocycles. The van der Waals surface area contributed by atoms with Crippen LogP contribution in [0.4, 0.5) is 8.78 Å². The molecule has 0 heterocycles. The van der Waals surface area contributed by atoms with Crippen molar-refractivity contribution in [3.8, 4) is 11.5 Å². The maximum atomic E-state index is 14.0. The summed E-state index contributed by atoms with van der Waals surface area (Å²) in [4.78, 5) is 0. The van der Waals surface area contributed by atoms with E-state index in [1.165, 1.54) is 26.4 Å². The monoisotopic (exact) mass is 394 g/mol. The van der Waals surface area contributed by atoms with E-state index in [1.807, 2.05) is 0 Å². The molecule has 0 amide bonds. The minimum Gasteiger partial charge on any atom is -0.494 e. The Balaban J connectivity index is 2.18. The normalized spacial score (nSPS) is 13.2. The highest BCUT2D eigenvalue weighted by Gasteiger charge is 2.22. The first-order chi connectivity index (χ1) is 13.5. The first-order valence-corrected chi connectivity index (χ1v) is 9.38. The van der Waals surface area contributed by atoms with Crippen molar-refractivity contribution >= 4 is 0 Å². The number of hydrogen-bond acceptors (Lipinski definition) is 4. The molecule has 0 saturated heterocycles. The first kappa shape index (κ1) is 22.1. The van der Waals surface area contributed by atoms with Gasteiger partial charge in [0.2, 0.25) is 0 Å². The van der Waals surface area contributed by atoms with Gasteiger partial charge in [0.15, 0.2) is 23.1 Å². The zero-order valence-corrected chi connectivity index (χ0v) is 16.3. The zero-order chi connectivity index (χ0) is 20.5. The van der Waals surface area contributed by atoms with Gasteiger partial charge >= 0.3 is 0 Å². The number of rotatable bonds is 11. The van der Waals surface area contributed by atoms with Gasteiger partial charge in [-0.2, -0.15) is 0 Å². The largest absolute Gasteiger partial charge is 0.494 e. The minimum absolute atomic E-state index is 0.00936. The second kappa shape index (κ2) is 11.0. The van der Waals surface area contributed by atoms with Crippen molar-refractivity contribution in [3.05, 3.63) is 59.2 Å². The van der Waals surface area contributed by atoms with Crippen LogP contribution in [0.1, 0.15) is 24.0 Å². The molecule has 0 fully saturated rings. The molecule has 0 aliphatic heterocycles. The van der Waals surface area contributed by atoms with Crippen LogP contribution >= 0.6 is 0 Å². The molecule has 6 heteroatoms. The van der Waals surface area contributed by atoms with E-state index in [4.69, 9.17) is 9.47 Å². The summed E-state index contributed by atoms with van der Waals surface area (Å²) in [7, 11) is 2.82. The van der Waals surface area contributed by atoms with E-state index in [0.717, 1.165) is 11.1 Å². The molecular weight excluding hydrogens is 366 g/mol. The van der Waals surface area contributed by atoms with Crippen molar-refractivity contribution in [2.45, 2.75) is 25.7 Å². The van der Waals surface area contributed by atoms with Gasteiger partial charge in [-0.25, -0.2) is 8.78 Å². The molecule has 4 nitrogen and oxygen atoms in total. The Bertz CT molecular complexity index is 751. The summed E-state index contributed by atoms with van der Waals surface area (Å²) in [5, 5.41) is 19.2. The maximum absolute atomic E-state index is 14.0. The number of halogens is 2. The highest BCUT2D eigenvalue weighted by molar-refractivity contribution is 5.31. The number of aliphatic hydroxyl groups excluding tert-OH is 2. The lowest BCUT2D eigenvalue weighted by Crippen LogP contribution is -2.24. The molecule has 0 aromatic heterocycles. The van der Waals surface area contributed by atoms with Gasteiger partial charge in [-0.15, -0.1) is 0 Å². The smallest absolute Gasteiger partial charge is 0.165 e. The van der Waals surface area contributed by atoms with Gasteiger partial charge in [-0.1, -0.05) is 12.1 Å². The van der Waals surface area contributed by atoms with Crippen LogP contribution in [0.2, 0.25) is 0 Å². The average Bonchev–Trinajstić information content (AvgIpc) is 2.69. The van der Waals surface area contributed by atoms with Crippen molar-refractivity contribution < 1.29 is 28.5 Å². The Morgan fingerprint density at radius 2 is 1.32 bits per heavy atom. The van der Waals surface area contributed by atoms with Gasteiger partial charge in [0.05, 0.1) is 14.2 Å². The fourth-order valence-electron chi connectivity index (χ4n) is 3.52. The third kappa shape index (κ3) is 5.91. The van der Waals surface area contributed by atoms with Crippen LogP contribution in [0.3, 0.4) is 0 Å². The van der Waals surface area contributed by atoms with Gasteiger partial charge < -0.3 is 19.7 Å². The predicted octanol–water partition coefficient (Wildman–Crippen LogP) is 3.76. The van der Waals surface area contributed by atoms with E-state index in [9.17, 15) is 19.0 Å². The number of methoxy groups -OCH3 is 2. The van der Waals surface area contributed by atoms with E-state index in [-0.39, 0.29) is 36.5 Å². The van der Waals surface area contributed by atoms with Gasteiger partial charge in [0.1, 0.15) is 0 Å². The lowest BCUT2D eigenvalue weighted by Gasteiger charge is -2.26. The maximum Gasteiger partial charge on any atom is 0.165 e. The van der Waals surface area contributed by atoms with Gasteiger partial charge in [0, 0.05) is 13.2 Å². The Morgan fingerprint density at radius 3 is 1.71 bits per heavy atom. The molecule has 2 aromatic carbocycles. The van der Waals surface area contributed by atoms with Crippen LogP contribution in [0.25, 0.3) is 0 Å². The van der Waals surface area contributed by atoms with Gasteiger partial charge in [0.25, 0.3) is 0 Å². The molecule has 2 aromatic rings. The summed E-state index contributed by atoms with van der Waals surface area (Å²) >= 11 is 0. The fraction of sp³-hybridized carbons (Fsp3) is 0.455. The van der Waals surface area contributed by atoms with Crippen LogP contribution in [0.15, 0.2) is 36.4 Å². The highest BCUT2D eigenvalue weighted by atomic mass is 19.1. The molecule has 2 N–H and O–H groups in total. The lowest BCUT2D eigenvalue weighted by atomic mass is 9.80. The first-order valence-electron chi connectivity index (χ1n) is 9.38. The van der Waals surface area contributed by atoms with E-state index >= 15 is 0 Å². The third-order valence-electron chi connectivity index (χ3n) is 5.06. The van der Waals surface area contributed by atoms with Crippen LogP contribution in [0.5, 0.6) is 11.5 Å². The Hall–Kier alpha value is -2.18. The summed E-state index contributed by atoms with van der Waals surface area (Å²) in [5.74, 6) is -0.656. The van der Waals surface area contributed by atoms with E-state index in [0.29, 0.717) is 25.7 Å². The number of aliphatic hydroxyl groups is 2. The summed E-state index contributed by atoms with van der Waals surface area (Å²) in [5.41, 5.74) is 1.55. The molecule has 0 saturated carbocycles. The summed E-state index contributed by atoms with van der Waals surface area (Å²) < 4.78 is 37.9. The second-order valence-corrected chi connectivity index (χ2v) is 6.91. The average molecular weight is 394 g/mol. The van der Waals surface area contributed by atoms with Gasteiger partial charge in [-0.3, -0.25) is 0 Å². The van der Waals surface area contributed by atoms with Crippen LogP contribution in [-0.4, -0.2) is 37.6 Å². The van der Waals surface area contributed by atoms with Crippen LogP contribution in [0, 0.1) is 23.5 Å². The molecule has 2 atom stereocenters. The molecule has 154 valence electrons. The Morgan fingerprint density at radius 1 is 0.821 bits per heavy atom. The lowest BCUT2D eigenvalue weighted by molar-refractivity contribution is 0.158. The SMILES string of the molecule is COc1ccc(C[C@@H](CO)[C@H](CCCO)Cc2ccc(OC)c(F)c2)cc1F. The van der Waals surface area contributed by atoms with E-state index in [1.54, 1.807) is 24.3 Å². The highest BCUT2D eigenvalue weighted by Crippen LogP contribution is 2.29. The zero-order valence-electron chi connectivity index (χ0n) is 16.3.